The Morgan fingerprint density at radius 2 is 1.48 bits per heavy atom. The van der Waals surface area contributed by atoms with Gasteiger partial charge in [-0.25, -0.2) is 0 Å². The van der Waals surface area contributed by atoms with E-state index in [9.17, 15) is 0 Å². The lowest BCUT2D eigenvalue weighted by molar-refractivity contribution is 0.435. The van der Waals surface area contributed by atoms with E-state index in [1.54, 1.807) is 0 Å². The number of aromatic nitrogens is 1. The number of hydrogen-bond acceptors (Lipinski definition) is 2. The molecular weight excluding hydrogens is 258 g/mol. The Balaban J connectivity index is 1.85. The summed E-state index contributed by atoms with van der Waals surface area (Å²) >= 11 is 0. The topological polar surface area (TPSA) is 26.0 Å². The van der Waals surface area contributed by atoms with Crippen molar-refractivity contribution in [3.05, 3.63) is 78.9 Å². The summed E-state index contributed by atoms with van der Waals surface area (Å²) in [5, 5.41) is 6.57. The van der Waals surface area contributed by atoms with Crippen LogP contribution in [0.25, 0.3) is 33.4 Å². The van der Waals surface area contributed by atoms with Crippen LogP contribution in [0.15, 0.2) is 83.4 Å². The van der Waals surface area contributed by atoms with Gasteiger partial charge in [-0.15, -0.1) is 0 Å². The highest BCUT2D eigenvalue weighted by Crippen LogP contribution is 2.31. The van der Waals surface area contributed by atoms with Crippen LogP contribution in [0.5, 0.6) is 0 Å². The minimum Gasteiger partial charge on any atom is -0.356 e. The van der Waals surface area contributed by atoms with Gasteiger partial charge in [-0.1, -0.05) is 78.0 Å². The molecule has 0 amide bonds. The molecule has 21 heavy (non-hydrogen) atoms. The van der Waals surface area contributed by atoms with Crippen LogP contribution >= 0.6 is 0 Å². The molecule has 0 saturated heterocycles. The predicted molar refractivity (Wildman–Crippen MR) is 84.9 cm³/mol. The van der Waals surface area contributed by atoms with Crippen LogP contribution in [0.4, 0.5) is 0 Å². The van der Waals surface area contributed by atoms with Gasteiger partial charge in [0.05, 0.1) is 0 Å². The molecule has 0 fully saturated rings. The molecule has 3 aromatic carbocycles. The van der Waals surface area contributed by atoms with Gasteiger partial charge in [-0.3, -0.25) is 0 Å². The van der Waals surface area contributed by atoms with E-state index in [1.807, 2.05) is 54.6 Å². The summed E-state index contributed by atoms with van der Waals surface area (Å²) < 4.78 is 5.56. The van der Waals surface area contributed by atoms with Crippen LogP contribution in [-0.2, 0) is 0 Å². The minimum absolute atomic E-state index is 0.797. The van der Waals surface area contributed by atoms with Gasteiger partial charge >= 0.3 is 0 Å². The summed E-state index contributed by atoms with van der Waals surface area (Å²) in [6.45, 7) is 0. The van der Waals surface area contributed by atoms with Crippen molar-refractivity contribution in [3.8, 4) is 22.6 Å². The van der Waals surface area contributed by atoms with Crippen molar-refractivity contribution in [2.75, 3.05) is 0 Å². The Kier molecular flexibility index (Phi) is 2.79. The van der Waals surface area contributed by atoms with Gasteiger partial charge in [-0.2, -0.15) is 0 Å². The van der Waals surface area contributed by atoms with E-state index in [0.717, 1.165) is 22.6 Å². The fourth-order valence-corrected chi connectivity index (χ4v) is 2.59. The molecule has 0 saturated carbocycles. The second-order valence-corrected chi connectivity index (χ2v) is 4.97. The molecular formula is C19H13NO. The monoisotopic (exact) mass is 271 g/mol. The second-order valence-electron chi connectivity index (χ2n) is 4.97. The number of fused-ring (bicyclic) bond motifs is 1. The molecule has 1 heterocycles. The van der Waals surface area contributed by atoms with Gasteiger partial charge in [0.2, 0.25) is 0 Å². The van der Waals surface area contributed by atoms with Crippen molar-refractivity contribution in [1.29, 1.82) is 0 Å². The Bertz CT molecular complexity index is 888. The van der Waals surface area contributed by atoms with E-state index in [0.29, 0.717) is 0 Å². The van der Waals surface area contributed by atoms with E-state index in [1.165, 1.54) is 10.8 Å². The molecule has 0 unspecified atom stereocenters. The summed E-state index contributed by atoms with van der Waals surface area (Å²) in [4.78, 5) is 0. The zero-order valence-electron chi connectivity index (χ0n) is 11.4. The van der Waals surface area contributed by atoms with E-state index in [2.05, 4.69) is 29.4 Å². The van der Waals surface area contributed by atoms with Gasteiger partial charge < -0.3 is 4.52 Å². The van der Waals surface area contributed by atoms with Crippen LogP contribution in [0.3, 0.4) is 0 Å². The molecule has 1 aromatic heterocycles. The lowest BCUT2D eigenvalue weighted by Gasteiger charge is -2.02. The van der Waals surface area contributed by atoms with Crippen molar-refractivity contribution < 1.29 is 4.52 Å². The number of nitrogens with zero attached hydrogens (tertiary/aromatic N) is 1. The minimum atomic E-state index is 0.797. The Hall–Kier alpha value is -2.87. The lowest BCUT2D eigenvalue weighted by Crippen LogP contribution is -1.78. The lowest BCUT2D eigenvalue weighted by atomic mass is 10.0. The van der Waals surface area contributed by atoms with Gasteiger partial charge in [-0.05, 0) is 10.8 Å². The molecule has 4 aromatic rings. The third-order valence-electron chi connectivity index (χ3n) is 3.63. The van der Waals surface area contributed by atoms with Crippen LogP contribution < -0.4 is 0 Å². The van der Waals surface area contributed by atoms with E-state index in [4.69, 9.17) is 4.52 Å². The van der Waals surface area contributed by atoms with Gasteiger partial charge in [0.15, 0.2) is 5.76 Å². The molecule has 0 bridgehead atoms. The first-order valence-electron chi connectivity index (χ1n) is 6.92. The van der Waals surface area contributed by atoms with Crippen LogP contribution in [0.1, 0.15) is 0 Å². The highest BCUT2D eigenvalue weighted by molar-refractivity contribution is 5.95. The molecule has 0 aliphatic carbocycles. The summed E-state index contributed by atoms with van der Waals surface area (Å²) in [5.74, 6) is 0.797. The highest BCUT2D eigenvalue weighted by Gasteiger charge is 2.10. The molecule has 0 atom stereocenters. The van der Waals surface area contributed by atoms with Crippen molar-refractivity contribution in [1.82, 2.24) is 5.16 Å². The zero-order chi connectivity index (χ0) is 14.1. The quantitative estimate of drug-likeness (QED) is 0.503. The molecule has 4 rings (SSSR count). The van der Waals surface area contributed by atoms with Crippen LogP contribution in [0.2, 0.25) is 0 Å². The first-order valence-corrected chi connectivity index (χ1v) is 6.92. The molecule has 2 heteroatoms. The van der Waals surface area contributed by atoms with E-state index >= 15 is 0 Å². The van der Waals surface area contributed by atoms with Crippen LogP contribution in [0, 0.1) is 0 Å². The maximum Gasteiger partial charge on any atom is 0.168 e. The molecule has 100 valence electrons. The highest BCUT2D eigenvalue weighted by atomic mass is 16.5. The maximum absolute atomic E-state index is 5.56. The second kappa shape index (κ2) is 4.91. The first kappa shape index (κ1) is 11.9. The summed E-state index contributed by atoms with van der Waals surface area (Å²) in [7, 11) is 0. The molecule has 0 radical (unpaired) electrons. The van der Waals surface area contributed by atoms with Gasteiger partial charge in [0.25, 0.3) is 0 Å². The van der Waals surface area contributed by atoms with Crippen LogP contribution in [-0.4, -0.2) is 5.16 Å². The third kappa shape index (κ3) is 2.11. The summed E-state index contributed by atoms with van der Waals surface area (Å²) in [5.41, 5.74) is 2.99. The average Bonchev–Trinajstić information content (AvgIpc) is 3.05. The molecule has 2 nitrogen and oxygen atoms in total. The number of rotatable bonds is 2. The summed E-state index contributed by atoms with van der Waals surface area (Å²) in [6, 6.07) is 26.6. The van der Waals surface area contributed by atoms with Crippen molar-refractivity contribution in [3.63, 3.8) is 0 Å². The fourth-order valence-electron chi connectivity index (χ4n) is 2.59. The van der Waals surface area contributed by atoms with Crippen molar-refractivity contribution >= 4 is 10.8 Å². The first-order chi connectivity index (χ1) is 10.4. The molecule has 0 aliphatic rings. The molecule has 0 spiro atoms. The van der Waals surface area contributed by atoms with Gasteiger partial charge in [0.1, 0.15) is 5.69 Å². The SMILES string of the molecule is c1ccc(-c2cc(-c3cccc4ccccc34)on2)cc1. The fraction of sp³-hybridized carbons (Fsp3) is 0. The standard InChI is InChI=1S/C19H13NO/c1-2-8-15(9-3-1)18-13-19(21-20-18)17-12-6-10-14-7-4-5-11-16(14)17/h1-13H. The van der Waals surface area contributed by atoms with Gasteiger partial charge in [0, 0.05) is 17.2 Å². The summed E-state index contributed by atoms with van der Waals surface area (Å²) in [6.07, 6.45) is 0. The van der Waals surface area contributed by atoms with Crippen molar-refractivity contribution in [2.45, 2.75) is 0 Å². The third-order valence-corrected chi connectivity index (χ3v) is 3.63. The Labute approximate surface area is 122 Å². The maximum atomic E-state index is 5.56. The zero-order valence-corrected chi connectivity index (χ0v) is 11.4. The van der Waals surface area contributed by atoms with Crippen molar-refractivity contribution in [2.24, 2.45) is 0 Å². The van der Waals surface area contributed by atoms with E-state index < -0.39 is 0 Å². The Morgan fingerprint density at radius 1 is 0.714 bits per heavy atom. The number of hydrogen-bond donors (Lipinski definition) is 0. The average molecular weight is 271 g/mol. The number of benzene rings is 3. The molecule has 0 N–H and O–H groups in total. The smallest absolute Gasteiger partial charge is 0.168 e. The largest absolute Gasteiger partial charge is 0.356 e. The van der Waals surface area contributed by atoms with E-state index in [-0.39, 0.29) is 0 Å². The normalized spacial score (nSPS) is 10.9. The Morgan fingerprint density at radius 3 is 2.38 bits per heavy atom. The predicted octanol–water partition coefficient (Wildman–Crippen LogP) is 5.16. The molecule has 0 aliphatic heterocycles.